The van der Waals surface area contributed by atoms with Crippen LogP contribution in [-0.2, 0) is 10.8 Å². The summed E-state index contributed by atoms with van der Waals surface area (Å²) in [6.45, 7) is 9.34. The lowest BCUT2D eigenvalue weighted by Crippen LogP contribution is -2.18. The Morgan fingerprint density at radius 2 is 0.982 bits per heavy atom. The Labute approximate surface area is 330 Å². The number of fused-ring (bicyclic) bond motifs is 6. The summed E-state index contributed by atoms with van der Waals surface area (Å²) >= 11 is 0. The molecule has 0 N–H and O–H groups in total. The summed E-state index contributed by atoms with van der Waals surface area (Å²) in [5, 5.41) is 2.49. The zero-order valence-electron chi connectivity index (χ0n) is 32.4. The summed E-state index contributed by atoms with van der Waals surface area (Å²) in [5.74, 6) is 0. The molecule has 1 aliphatic carbocycles. The van der Waals surface area contributed by atoms with Crippen LogP contribution in [0.5, 0.6) is 0 Å². The summed E-state index contributed by atoms with van der Waals surface area (Å²) < 4.78 is 2.44. The fourth-order valence-corrected chi connectivity index (χ4v) is 9.14. The molecule has 0 atom stereocenters. The van der Waals surface area contributed by atoms with Crippen molar-refractivity contribution in [1.82, 2.24) is 4.57 Å². The van der Waals surface area contributed by atoms with Gasteiger partial charge in [-0.15, -0.1) is 0 Å². The molecule has 2 nitrogen and oxygen atoms in total. The van der Waals surface area contributed by atoms with Crippen LogP contribution in [0.2, 0.25) is 0 Å². The van der Waals surface area contributed by atoms with Gasteiger partial charge in [-0.25, -0.2) is 0 Å². The first-order valence-corrected chi connectivity index (χ1v) is 19.7. The van der Waals surface area contributed by atoms with Crippen LogP contribution in [-0.4, -0.2) is 4.57 Å². The molecular formula is C54H44N2. The third-order valence-electron chi connectivity index (χ3n) is 12.3. The summed E-state index contributed by atoms with van der Waals surface area (Å²) in [5.41, 5.74) is 17.1. The molecule has 0 fully saturated rings. The topological polar surface area (TPSA) is 8.17 Å². The van der Waals surface area contributed by atoms with Crippen LogP contribution >= 0.6 is 0 Å². The van der Waals surface area contributed by atoms with Crippen molar-refractivity contribution in [2.24, 2.45) is 0 Å². The minimum atomic E-state index is -0.115. The van der Waals surface area contributed by atoms with Gasteiger partial charge in [0, 0.05) is 44.4 Å². The first kappa shape index (κ1) is 33.9. The third-order valence-corrected chi connectivity index (χ3v) is 12.3. The predicted molar refractivity (Wildman–Crippen MR) is 237 cm³/mol. The minimum Gasteiger partial charge on any atom is -0.310 e. The molecule has 0 radical (unpaired) electrons. The van der Waals surface area contributed by atoms with Crippen molar-refractivity contribution in [2.45, 2.75) is 38.5 Å². The molecule has 0 saturated carbocycles. The van der Waals surface area contributed by atoms with Gasteiger partial charge in [0.05, 0.1) is 11.0 Å². The molecule has 10 rings (SSSR count). The Balaban J connectivity index is 1.14. The molecule has 8 aromatic carbocycles. The van der Waals surface area contributed by atoms with E-state index in [-0.39, 0.29) is 10.8 Å². The Morgan fingerprint density at radius 1 is 0.429 bits per heavy atom. The van der Waals surface area contributed by atoms with E-state index in [0.717, 1.165) is 22.7 Å². The maximum atomic E-state index is 2.44. The quantitative estimate of drug-likeness (QED) is 0.159. The van der Waals surface area contributed by atoms with Crippen molar-refractivity contribution < 1.29 is 0 Å². The van der Waals surface area contributed by atoms with E-state index < -0.39 is 0 Å². The van der Waals surface area contributed by atoms with E-state index in [2.05, 4.69) is 231 Å². The first-order chi connectivity index (χ1) is 27.3. The molecule has 0 unspecified atom stereocenters. The maximum absolute atomic E-state index is 2.44. The van der Waals surface area contributed by atoms with Gasteiger partial charge in [0.25, 0.3) is 0 Å². The zero-order valence-corrected chi connectivity index (χ0v) is 32.4. The summed E-state index contributed by atoms with van der Waals surface area (Å²) in [6, 6.07) is 71.4. The van der Waals surface area contributed by atoms with E-state index >= 15 is 0 Å². The van der Waals surface area contributed by atoms with Crippen molar-refractivity contribution in [3.63, 3.8) is 0 Å². The molecule has 0 amide bonds. The molecule has 1 aliphatic rings. The van der Waals surface area contributed by atoms with Crippen molar-refractivity contribution >= 4 is 38.9 Å². The molecule has 1 aromatic heterocycles. The number of aromatic nitrogens is 1. The molecule has 0 spiro atoms. The molecular weight excluding hydrogens is 677 g/mol. The van der Waals surface area contributed by atoms with Crippen LogP contribution in [0.25, 0.3) is 49.7 Å². The number of anilines is 3. The van der Waals surface area contributed by atoms with Crippen molar-refractivity contribution in [3.05, 3.63) is 216 Å². The number of para-hydroxylation sites is 1. The van der Waals surface area contributed by atoms with Gasteiger partial charge in [0.15, 0.2) is 0 Å². The van der Waals surface area contributed by atoms with Crippen LogP contribution in [0.1, 0.15) is 49.9 Å². The van der Waals surface area contributed by atoms with Gasteiger partial charge >= 0.3 is 0 Å². The highest BCUT2D eigenvalue weighted by Crippen LogP contribution is 2.51. The molecule has 56 heavy (non-hydrogen) atoms. The maximum Gasteiger partial charge on any atom is 0.0561 e. The number of hydrogen-bond acceptors (Lipinski definition) is 1. The van der Waals surface area contributed by atoms with Crippen LogP contribution in [0, 0.1) is 0 Å². The highest BCUT2D eigenvalue weighted by molar-refractivity contribution is 6.10. The number of rotatable bonds is 7. The van der Waals surface area contributed by atoms with Crippen LogP contribution in [0.15, 0.2) is 194 Å². The number of hydrogen-bond donors (Lipinski definition) is 0. The van der Waals surface area contributed by atoms with E-state index in [1.807, 2.05) is 0 Å². The molecule has 0 bridgehead atoms. The second-order valence-electron chi connectivity index (χ2n) is 16.2. The molecule has 270 valence electrons. The standard InChI is InChI=1S/C54H44N2/c1-53(2,39-17-9-6-10-18-39)40-25-29-42(30-26-40)56-51-22-14-12-20-47(51)48-34-32-44(36-52(48)56)55(41-27-23-38(24-28-41)37-15-7-5-8-16-37)43-31-33-46-45-19-11-13-21-49(45)54(3,4)50(46)35-43/h5-36H,1-4H3. The van der Waals surface area contributed by atoms with E-state index in [4.69, 9.17) is 0 Å². The summed E-state index contributed by atoms with van der Waals surface area (Å²) in [7, 11) is 0. The lowest BCUT2D eigenvalue weighted by Gasteiger charge is -2.28. The lowest BCUT2D eigenvalue weighted by molar-refractivity contribution is 0.641. The molecule has 0 saturated heterocycles. The zero-order chi connectivity index (χ0) is 38.0. The summed E-state index contributed by atoms with van der Waals surface area (Å²) in [4.78, 5) is 2.43. The van der Waals surface area contributed by atoms with E-state index in [9.17, 15) is 0 Å². The highest BCUT2D eigenvalue weighted by Gasteiger charge is 2.36. The normalized spacial score (nSPS) is 13.1. The largest absolute Gasteiger partial charge is 0.310 e. The number of benzene rings is 8. The van der Waals surface area contributed by atoms with Crippen LogP contribution in [0.3, 0.4) is 0 Å². The first-order valence-electron chi connectivity index (χ1n) is 19.7. The smallest absolute Gasteiger partial charge is 0.0561 e. The van der Waals surface area contributed by atoms with Gasteiger partial charge in [0.2, 0.25) is 0 Å². The van der Waals surface area contributed by atoms with Gasteiger partial charge < -0.3 is 9.47 Å². The van der Waals surface area contributed by atoms with Gasteiger partial charge in [-0.05, 0) is 99.1 Å². The Morgan fingerprint density at radius 3 is 1.75 bits per heavy atom. The van der Waals surface area contributed by atoms with E-state index in [1.165, 1.54) is 66.3 Å². The Hall–Kier alpha value is -6.64. The average Bonchev–Trinajstić information content (AvgIpc) is 3.69. The molecule has 9 aromatic rings. The minimum absolute atomic E-state index is 0.109. The second-order valence-corrected chi connectivity index (χ2v) is 16.2. The fraction of sp³-hybridized carbons (Fsp3) is 0.111. The van der Waals surface area contributed by atoms with E-state index in [0.29, 0.717) is 0 Å². The average molecular weight is 721 g/mol. The number of nitrogens with zero attached hydrogens (tertiary/aromatic N) is 2. The van der Waals surface area contributed by atoms with Gasteiger partial charge in [-0.2, -0.15) is 0 Å². The summed E-state index contributed by atoms with van der Waals surface area (Å²) in [6.07, 6.45) is 0. The lowest BCUT2D eigenvalue weighted by atomic mass is 9.78. The second kappa shape index (κ2) is 13.0. The molecule has 2 heteroatoms. The van der Waals surface area contributed by atoms with Gasteiger partial charge in [-0.3, -0.25) is 0 Å². The van der Waals surface area contributed by atoms with Crippen LogP contribution < -0.4 is 4.90 Å². The van der Waals surface area contributed by atoms with Gasteiger partial charge in [0.1, 0.15) is 0 Å². The Bertz CT molecular complexity index is 2880. The monoisotopic (exact) mass is 720 g/mol. The Kier molecular flexibility index (Phi) is 7.87. The highest BCUT2D eigenvalue weighted by atomic mass is 15.1. The molecule has 1 heterocycles. The van der Waals surface area contributed by atoms with Crippen LogP contribution in [0.4, 0.5) is 17.1 Å². The molecule has 0 aliphatic heterocycles. The van der Waals surface area contributed by atoms with E-state index in [1.54, 1.807) is 0 Å². The third kappa shape index (κ3) is 5.39. The van der Waals surface area contributed by atoms with Crippen molar-refractivity contribution in [3.8, 4) is 27.9 Å². The SMILES string of the molecule is CC(C)(c1ccccc1)c1ccc(-n2c3ccccc3c3ccc(N(c4ccc(-c5ccccc5)cc4)c4ccc5c(c4)C(C)(C)c4ccccc4-5)cc32)cc1. The predicted octanol–water partition coefficient (Wildman–Crippen LogP) is 14.6. The van der Waals surface area contributed by atoms with Gasteiger partial charge in [-0.1, -0.05) is 167 Å². The fourth-order valence-electron chi connectivity index (χ4n) is 9.14. The van der Waals surface area contributed by atoms with Crippen molar-refractivity contribution in [2.75, 3.05) is 4.90 Å². The van der Waals surface area contributed by atoms with Crippen molar-refractivity contribution in [1.29, 1.82) is 0 Å².